The van der Waals surface area contributed by atoms with Crippen molar-refractivity contribution in [3.8, 4) is 5.69 Å². The molecule has 0 spiro atoms. The predicted molar refractivity (Wildman–Crippen MR) is 91.1 cm³/mol. The number of hydrogen-bond donors (Lipinski definition) is 1. The molecular formula is C17H22N6O2. The van der Waals surface area contributed by atoms with E-state index in [2.05, 4.69) is 20.8 Å². The van der Waals surface area contributed by atoms with Gasteiger partial charge in [-0.1, -0.05) is 6.07 Å². The number of aromatic nitrogens is 4. The van der Waals surface area contributed by atoms with Gasteiger partial charge in [0, 0.05) is 24.7 Å². The topological polar surface area (TPSA) is 93.0 Å². The normalized spacial score (nSPS) is 17.6. The minimum absolute atomic E-state index is 0.0231. The van der Waals surface area contributed by atoms with E-state index in [1.807, 2.05) is 19.9 Å². The fourth-order valence-electron chi connectivity index (χ4n) is 3.02. The van der Waals surface area contributed by atoms with Gasteiger partial charge < -0.3 is 10.2 Å². The largest absolute Gasteiger partial charge is 0.354 e. The highest BCUT2D eigenvalue weighted by atomic mass is 16.2. The molecule has 2 heterocycles. The third-order valence-corrected chi connectivity index (χ3v) is 4.22. The summed E-state index contributed by atoms with van der Waals surface area (Å²) in [6.45, 7) is 4.99. The molecule has 8 heteroatoms. The molecule has 1 aromatic heterocycles. The van der Waals surface area contributed by atoms with Crippen LogP contribution in [0.15, 0.2) is 30.6 Å². The van der Waals surface area contributed by atoms with Crippen molar-refractivity contribution in [3.63, 3.8) is 0 Å². The van der Waals surface area contributed by atoms with Crippen molar-refractivity contribution in [2.45, 2.75) is 32.7 Å². The van der Waals surface area contributed by atoms with Crippen LogP contribution in [0.2, 0.25) is 0 Å². The SMILES string of the molecule is CC(C)NC(=O)C1CCCN(C(=O)c2cccc(-n3cnnn3)c2)C1. The highest BCUT2D eigenvalue weighted by Gasteiger charge is 2.29. The summed E-state index contributed by atoms with van der Waals surface area (Å²) in [6, 6.07) is 7.27. The molecular weight excluding hydrogens is 320 g/mol. The van der Waals surface area contributed by atoms with Gasteiger partial charge in [0.1, 0.15) is 6.33 Å². The zero-order chi connectivity index (χ0) is 17.8. The van der Waals surface area contributed by atoms with E-state index < -0.39 is 0 Å². The smallest absolute Gasteiger partial charge is 0.253 e. The molecule has 1 unspecified atom stereocenters. The van der Waals surface area contributed by atoms with E-state index in [9.17, 15) is 9.59 Å². The Balaban J connectivity index is 1.72. The van der Waals surface area contributed by atoms with E-state index in [4.69, 9.17) is 0 Å². The maximum Gasteiger partial charge on any atom is 0.253 e. The van der Waals surface area contributed by atoms with Crippen molar-refractivity contribution < 1.29 is 9.59 Å². The van der Waals surface area contributed by atoms with Crippen LogP contribution in [0.1, 0.15) is 37.0 Å². The minimum Gasteiger partial charge on any atom is -0.354 e. The lowest BCUT2D eigenvalue weighted by molar-refractivity contribution is -0.126. The average molecular weight is 342 g/mol. The molecule has 2 aromatic rings. The fraction of sp³-hybridized carbons (Fsp3) is 0.471. The summed E-state index contributed by atoms with van der Waals surface area (Å²) >= 11 is 0. The van der Waals surface area contributed by atoms with Gasteiger partial charge in [-0.15, -0.1) is 5.10 Å². The van der Waals surface area contributed by atoms with E-state index in [-0.39, 0.29) is 23.8 Å². The van der Waals surface area contributed by atoms with Crippen molar-refractivity contribution in [3.05, 3.63) is 36.2 Å². The molecule has 1 aromatic carbocycles. The third kappa shape index (κ3) is 4.01. The summed E-state index contributed by atoms with van der Waals surface area (Å²) < 4.78 is 1.51. The van der Waals surface area contributed by atoms with Crippen molar-refractivity contribution in [1.29, 1.82) is 0 Å². The number of carbonyl (C=O) groups excluding carboxylic acids is 2. The van der Waals surface area contributed by atoms with Crippen molar-refractivity contribution in [1.82, 2.24) is 30.4 Å². The van der Waals surface area contributed by atoms with Gasteiger partial charge in [0.25, 0.3) is 5.91 Å². The van der Waals surface area contributed by atoms with Crippen LogP contribution < -0.4 is 5.32 Å². The minimum atomic E-state index is -0.150. The molecule has 1 N–H and O–H groups in total. The van der Waals surface area contributed by atoms with Gasteiger partial charge in [-0.2, -0.15) is 0 Å². The number of amides is 2. The average Bonchev–Trinajstić information content (AvgIpc) is 3.15. The van der Waals surface area contributed by atoms with Gasteiger partial charge in [-0.05, 0) is 55.3 Å². The highest BCUT2D eigenvalue weighted by Crippen LogP contribution is 2.20. The predicted octanol–water partition coefficient (Wildman–Crippen LogP) is 1.04. The zero-order valence-electron chi connectivity index (χ0n) is 14.4. The van der Waals surface area contributed by atoms with Crippen LogP contribution in [0.5, 0.6) is 0 Å². The quantitative estimate of drug-likeness (QED) is 0.896. The molecule has 1 aliphatic heterocycles. The molecule has 8 nitrogen and oxygen atoms in total. The first-order chi connectivity index (χ1) is 12.0. The Hall–Kier alpha value is -2.77. The van der Waals surface area contributed by atoms with Gasteiger partial charge in [-0.25, -0.2) is 4.68 Å². The molecule has 25 heavy (non-hydrogen) atoms. The maximum atomic E-state index is 12.8. The number of hydrogen-bond acceptors (Lipinski definition) is 5. The Kier molecular flexibility index (Phi) is 5.06. The lowest BCUT2D eigenvalue weighted by Gasteiger charge is -2.32. The lowest BCUT2D eigenvalue weighted by atomic mass is 9.96. The van der Waals surface area contributed by atoms with Crippen LogP contribution in [0.3, 0.4) is 0 Å². The molecule has 0 bridgehead atoms. The van der Waals surface area contributed by atoms with Crippen molar-refractivity contribution in [2.75, 3.05) is 13.1 Å². The molecule has 132 valence electrons. The first-order valence-electron chi connectivity index (χ1n) is 8.47. The number of rotatable bonds is 4. The summed E-state index contributed by atoms with van der Waals surface area (Å²) in [6.07, 6.45) is 3.12. The molecule has 1 atom stereocenters. The Morgan fingerprint density at radius 1 is 1.32 bits per heavy atom. The van der Waals surface area contributed by atoms with Gasteiger partial charge in [0.15, 0.2) is 0 Å². The molecule has 0 radical (unpaired) electrons. The first kappa shape index (κ1) is 17.1. The molecule has 1 aliphatic rings. The van der Waals surface area contributed by atoms with E-state index in [0.717, 1.165) is 18.5 Å². The molecule has 0 aliphatic carbocycles. The summed E-state index contributed by atoms with van der Waals surface area (Å²) in [5.74, 6) is -0.199. The number of carbonyl (C=O) groups is 2. The Morgan fingerprint density at radius 2 is 2.16 bits per heavy atom. The molecule has 2 amide bonds. The zero-order valence-corrected chi connectivity index (χ0v) is 14.4. The molecule has 3 rings (SSSR count). The Morgan fingerprint density at radius 3 is 2.88 bits per heavy atom. The first-order valence-corrected chi connectivity index (χ1v) is 8.47. The Labute approximate surface area is 146 Å². The number of tetrazole rings is 1. The van der Waals surface area contributed by atoms with E-state index in [0.29, 0.717) is 18.7 Å². The van der Waals surface area contributed by atoms with Crippen LogP contribution in [-0.2, 0) is 4.79 Å². The second kappa shape index (κ2) is 7.42. The number of nitrogens with zero attached hydrogens (tertiary/aromatic N) is 5. The summed E-state index contributed by atoms with van der Waals surface area (Å²) in [4.78, 5) is 26.9. The van der Waals surface area contributed by atoms with Gasteiger partial charge in [0.05, 0.1) is 11.6 Å². The van der Waals surface area contributed by atoms with Crippen LogP contribution in [0.25, 0.3) is 5.69 Å². The van der Waals surface area contributed by atoms with Gasteiger partial charge in [-0.3, -0.25) is 9.59 Å². The van der Waals surface area contributed by atoms with E-state index in [1.165, 1.54) is 11.0 Å². The van der Waals surface area contributed by atoms with Gasteiger partial charge >= 0.3 is 0 Å². The monoisotopic (exact) mass is 342 g/mol. The lowest BCUT2D eigenvalue weighted by Crippen LogP contribution is -2.46. The van der Waals surface area contributed by atoms with Crippen molar-refractivity contribution in [2.24, 2.45) is 5.92 Å². The second-order valence-corrected chi connectivity index (χ2v) is 6.56. The van der Waals surface area contributed by atoms with Crippen LogP contribution in [0, 0.1) is 5.92 Å². The van der Waals surface area contributed by atoms with Crippen LogP contribution in [0.4, 0.5) is 0 Å². The number of piperidine rings is 1. The van der Waals surface area contributed by atoms with E-state index >= 15 is 0 Å². The van der Waals surface area contributed by atoms with Crippen molar-refractivity contribution >= 4 is 11.8 Å². The summed E-state index contributed by atoms with van der Waals surface area (Å²) in [7, 11) is 0. The molecule has 1 saturated heterocycles. The number of likely N-dealkylation sites (tertiary alicyclic amines) is 1. The van der Waals surface area contributed by atoms with Gasteiger partial charge in [0.2, 0.25) is 5.91 Å². The number of benzene rings is 1. The fourth-order valence-corrected chi connectivity index (χ4v) is 3.02. The summed E-state index contributed by atoms with van der Waals surface area (Å²) in [5.41, 5.74) is 1.29. The highest BCUT2D eigenvalue weighted by molar-refractivity contribution is 5.95. The third-order valence-electron chi connectivity index (χ3n) is 4.22. The second-order valence-electron chi connectivity index (χ2n) is 6.56. The van der Waals surface area contributed by atoms with E-state index in [1.54, 1.807) is 23.1 Å². The molecule has 1 fully saturated rings. The maximum absolute atomic E-state index is 12.8. The summed E-state index contributed by atoms with van der Waals surface area (Å²) in [5, 5.41) is 14.0. The number of nitrogens with one attached hydrogen (secondary N) is 1. The Bertz CT molecular complexity index is 743. The standard InChI is InChI=1S/C17H22N6O2/c1-12(2)19-16(24)14-6-4-8-22(10-14)17(25)13-5-3-7-15(9-13)23-11-18-20-21-23/h3,5,7,9,11-12,14H,4,6,8,10H2,1-2H3,(H,19,24). The molecule has 0 saturated carbocycles. The van der Waals surface area contributed by atoms with Crippen LogP contribution in [-0.4, -0.2) is 56.1 Å². The van der Waals surface area contributed by atoms with Crippen LogP contribution >= 0.6 is 0 Å².